The second kappa shape index (κ2) is 7.53. The summed E-state index contributed by atoms with van der Waals surface area (Å²) >= 11 is 0. The van der Waals surface area contributed by atoms with Crippen LogP contribution in [-0.2, 0) is 4.79 Å². The van der Waals surface area contributed by atoms with Crippen LogP contribution in [0, 0.1) is 5.41 Å². The minimum atomic E-state index is -0.479. The van der Waals surface area contributed by atoms with Gasteiger partial charge in [-0.2, -0.15) is 0 Å². The first-order valence-electron chi connectivity index (χ1n) is 6.34. The van der Waals surface area contributed by atoms with Crippen LogP contribution in [0.25, 0.3) is 0 Å². The average molecular weight is 262 g/mol. The number of amides is 1. The number of anilines is 1. The van der Waals surface area contributed by atoms with E-state index < -0.39 is 5.91 Å². The van der Waals surface area contributed by atoms with Gasteiger partial charge in [0.2, 0.25) is 5.91 Å². The molecule has 19 heavy (non-hydrogen) atoms. The van der Waals surface area contributed by atoms with Gasteiger partial charge in [-0.25, -0.2) is 0 Å². The highest BCUT2D eigenvalue weighted by Gasteiger charge is 2.09. The summed E-state index contributed by atoms with van der Waals surface area (Å²) in [5.74, 6) is -0.479. The van der Waals surface area contributed by atoms with Crippen molar-refractivity contribution >= 4 is 17.3 Å². The Bertz CT molecular complexity index is 443. The van der Waals surface area contributed by atoms with Gasteiger partial charge in [-0.05, 0) is 33.1 Å². The van der Waals surface area contributed by atoms with Gasteiger partial charge in [0.1, 0.15) is 0 Å². The predicted octanol–water partition coefficient (Wildman–Crippen LogP) is 1.29. The number of para-hydroxylation sites is 1. The van der Waals surface area contributed by atoms with Crippen molar-refractivity contribution in [3.05, 3.63) is 29.8 Å². The van der Waals surface area contributed by atoms with Crippen molar-refractivity contribution < 1.29 is 4.79 Å². The summed E-state index contributed by atoms with van der Waals surface area (Å²) in [6, 6.07) is 7.52. The van der Waals surface area contributed by atoms with E-state index in [1.807, 2.05) is 38.4 Å². The molecule has 0 aliphatic heterocycles. The van der Waals surface area contributed by atoms with E-state index in [2.05, 4.69) is 10.2 Å². The normalized spacial score (nSPS) is 10.5. The largest absolute Gasteiger partial charge is 0.384 e. The third-order valence-electron chi connectivity index (χ3n) is 2.70. The highest BCUT2D eigenvalue weighted by atomic mass is 16.1. The van der Waals surface area contributed by atoms with E-state index in [9.17, 15) is 4.79 Å². The van der Waals surface area contributed by atoms with Crippen LogP contribution < -0.4 is 11.1 Å². The van der Waals surface area contributed by atoms with Crippen LogP contribution in [0.2, 0.25) is 0 Å². The predicted molar refractivity (Wildman–Crippen MR) is 78.7 cm³/mol. The van der Waals surface area contributed by atoms with E-state index in [-0.39, 0.29) is 12.1 Å². The Morgan fingerprint density at radius 1 is 1.37 bits per heavy atom. The van der Waals surface area contributed by atoms with Crippen LogP contribution in [-0.4, -0.2) is 43.7 Å². The lowest BCUT2D eigenvalue weighted by Crippen LogP contribution is -2.19. The third kappa shape index (κ3) is 5.52. The standard InChI is InChI=1S/C14H22N4O/c1-18(2)9-5-8-17-13-7-4-3-6-11(13)12(15)10-14(16)19/h3-4,6-7,15,17H,5,8-10H2,1-2H3,(H2,16,19). The summed E-state index contributed by atoms with van der Waals surface area (Å²) in [5.41, 5.74) is 7.01. The molecule has 0 atom stereocenters. The summed E-state index contributed by atoms with van der Waals surface area (Å²) in [5, 5.41) is 11.2. The van der Waals surface area contributed by atoms with E-state index in [1.54, 1.807) is 0 Å². The van der Waals surface area contributed by atoms with Crippen LogP contribution in [0.1, 0.15) is 18.4 Å². The van der Waals surface area contributed by atoms with Crippen LogP contribution in [0.15, 0.2) is 24.3 Å². The van der Waals surface area contributed by atoms with E-state index in [0.717, 1.165) is 30.8 Å². The maximum atomic E-state index is 10.9. The first kappa shape index (κ1) is 15.2. The Kier molecular flexibility index (Phi) is 6.02. The summed E-state index contributed by atoms with van der Waals surface area (Å²) in [4.78, 5) is 13.0. The fraction of sp³-hybridized carbons (Fsp3) is 0.429. The van der Waals surface area contributed by atoms with Crippen molar-refractivity contribution in [1.82, 2.24) is 4.90 Å². The van der Waals surface area contributed by atoms with E-state index in [0.29, 0.717) is 0 Å². The maximum Gasteiger partial charge on any atom is 0.223 e. The van der Waals surface area contributed by atoms with Gasteiger partial charge in [0, 0.05) is 23.5 Å². The molecule has 0 heterocycles. The molecule has 5 nitrogen and oxygen atoms in total. The first-order valence-corrected chi connectivity index (χ1v) is 6.34. The number of nitrogens with zero attached hydrogens (tertiary/aromatic N) is 1. The SMILES string of the molecule is CN(C)CCCNc1ccccc1C(=N)CC(N)=O. The average Bonchev–Trinajstić information content (AvgIpc) is 2.34. The molecule has 0 fully saturated rings. The van der Waals surface area contributed by atoms with Crippen LogP contribution in [0.3, 0.4) is 0 Å². The summed E-state index contributed by atoms with van der Waals surface area (Å²) < 4.78 is 0. The molecule has 0 aliphatic rings. The van der Waals surface area contributed by atoms with E-state index in [4.69, 9.17) is 11.1 Å². The lowest BCUT2D eigenvalue weighted by molar-refractivity contribution is -0.116. The van der Waals surface area contributed by atoms with Crippen molar-refractivity contribution in [2.75, 3.05) is 32.5 Å². The number of hydrogen-bond acceptors (Lipinski definition) is 4. The minimum absolute atomic E-state index is 0.0314. The molecule has 1 rings (SSSR count). The van der Waals surface area contributed by atoms with Gasteiger partial charge >= 0.3 is 0 Å². The highest BCUT2D eigenvalue weighted by Crippen LogP contribution is 2.16. The molecule has 1 aromatic carbocycles. The Labute approximate surface area is 114 Å². The molecule has 1 amide bonds. The fourth-order valence-corrected chi connectivity index (χ4v) is 1.79. The Morgan fingerprint density at radius 3 is 2.68 bits per heavy atom. The van der Waals surface area contributed by atoms with Gasteiger partial charge in [-0.15, -0.1) is 0 Å². The summed E-state index contributed by atoms with van der Waals surface area (Å²) in [7, 11) is 4.08. The van der Waals surface area contributed by atoms with Gasteiger partial charge in [0.15, 0.2) is 0 Å². The Balaban J connectivity index is 2.62. The number of carbonyl (C=O) groups is 1. The Morgan fingerprint density at radius 2 is 2.05 bits per heavy atom. The molecule has 0 saturated heterocycles. The number of nitrogens with two attached hydrogens (primary N) is 1. The zero-order valence-corrected chi connectivity index (χ0v) is 11.6. The minimum Gasteiger partial charge on any atom is -0.384 e. The first-order chi connectivity index (χ1) is 9.00. The maximum absolute atomic E-state index is 10.9. The lowest BCUT2D eigenvalue weighted by atomic mass is 10.0. The van der Waals surface area contributed by atoms with Gasteiger partial charge < -0.3 is 21.4 Å². The molecule has 0 aromatic heterocycles. The zero-order chi connectivity index (χ0) is 14.3. The van der Waals surface area contributed by atoms with E-state index >= 15 is 0 Å². The van der Waals surface area contributed by atoms with Crippen molar-refractivity contribution in [1.29, 1.82) is 5.41 Å². The monoisotopic (exact) mass is 262 g/mol. The molecule has 5 heteroatoms. The molecular formula is C14H22N4O. The molecule has 0 radical (unpaired) electrons. The van der Waals surface area contributed by atoms with Crippen molar-refractivity contribution in [3.63, 3.8) is 0 Å². The molecule has 0 unspecified atom stereocenters. The number of primary amides is 1. The number of hydrogen-bond donors (Lipinski definition) is 3. The number of carbonyl (C=O) groups excluding carboxylic acids is 1. The fourth-order valence-electron chi connectivity index (χ4n) is 1.79. The highest BCUT2D eigenvalue weighted by molar-refractivity contribution is 6.11. The van der Waals surface area contributed by atoms with Gasteiger partial charge in [-0.3, -0.25) is 4.79 Å². The molecule has 0 spiro atoms. The molecule has 104 valence electrons. The molecule has 0 bridgehead atoms. The molecule has 4 N–H and O–H groups in total. The van der Waals surface area contributed by atoms with Crippen LogP contribution in [0.5, 0.6) is 0 Å². The Hall–Kier alpha value is -1.88. The number of rotatable bonds is 8. The summed E-state index contributed by atoms with van der Waals surface area (Å²) in [6.45, 7) is 1.84. The summed E-state index contributed by atoms with van der Waals surface area (Å²) in [6.07, 6.45) is 0.987. The van der Waals surface area contributed by atoms with Gasteiger partial charge in [0.25, 0.3) is 0 Å². The zero-order valence-electron chi connectivity index (χ0n) is 11.6. The molecule has 0 aliphatic carbocycles. The van der Waals surface area contributed by atoms with Crippen molar-refractivity contribution in [3.8, 4) is 0 Å². The molecule has 1 aromatic rings. The van der Waals surface area contributed by atoms with Gasteiger partial charge in [0.05, 0.1) is 6.42 Å². The topological polar surface area (TPSA) is 82.2 Å². The van der Waals surface area contributed by atoms with Gasteiger partial charge in [-0.1, -0.05) is 18.2 Å². The quantitative estimate of drug-likeness (QED) is 0.488. The van der Waals surface area contributed by atoms with E-state index in [1.165, 1.54) is 0 Å². The smallest absolute Gasteiger partial charge is 0.223 e. The third-order valence-corrected chi connectivity index (χ3v) is 2.70. The molecule has 0 saturated carbocycles. The number of benzene rings is 1. The molecular weight excluding hydrogens is 240 g/mol. The second-order valence-electron chi connectivity index (χ2n) is 4.75. The van der Waals surface area contributed by atoms with Crippen molar-refractivity contribution in [2.24, 2.45) is 5.73 Å². The lowest BCUT2D eigenvalue weighted by Gasteiger charge is -2.14. The number of nitrogens with one attached hydrogen (secondary N) is 2. The van der Waals surface area contributed by atoms with Crippen LogP contribution >= 0.6 is 0 Å². The van der Waals surface area contributed by atoms with Crippen molar-refractivity contribution in [2.45, 2.75) is 12.8 Å². The van der Waals surface area contributed by atoms with Crippen LogP contribution in [0.4, 0.5) is 5.69 Å². The second-order valence-corrected chi connectivity index (χ2v) is 4.75.